The summed E-state index contributed by atoms with van der Waals surface area (Å²) in [6.45, 7) is 1.54. The lowest BCUT2D eigenvalue weighted by atomic mass is 10.1. The maximum absolute atomic E-state index is 13.5. The second-order valence-corrected chi connectivity index (χ2v) is 9.41. The van der Waals surface area contributed by atoms with Gasteiger partial charge < -0.3 is 24.9 Å². The molecule has 2 amide bonds. The highest BCUT2D eigenvalue weighted by molar-refractivity contribution is 5.92. The third-order valence-electron chi connectivity index (χ3n) is 6.95. The van der Waals surface area contributed by atoms with E-state index in [1.165, 1.54) is 15.7 Å². The van der Waals surface area contributed by atoms with E-state index in [4.69, 9.17) is 10.2 Å². The predicted molar refractivity (Wildman–Crippen MR) is 133 cm³/mol. The maximum Gasteiger partial charge on any atom is 0.417 e. The molecule has 0 aliphatic carbocycles. The Morgan fingerprint density at radius 3 is 2.45 bits per heavy atom. The number of alkyl halides is 3. The van der Waals surface area contributed by atoms with E-state index in [9.17, 15) is 22.8 Å². The second-order valence-electron chi connectivity index (χ2n) is 9.41. The zero-order valence-corrected chi connectivity index (χ0v) is 21.0. The average Bonchev–Trinajstić information content (AvgIpc) is 3.72. The molecule has 208 valence electrons. The third kappa shape index (κ3) is 4.65. The summed E-state index contributed by atoms with van der Waals surface area (Å²) in [5.74, 6) is 0.688. The lowest BCUT2D eigenvalue weighted by molar-refractivity contribution is -0.138. The van der Waals surface area contributed by atoms with Gasteiger partial charge in [-0.2, -0.15) is 32.6 Å². The smallest absolute Gasteiger partial charge is 0.417 e. The van der Waals surface area contributed by atoms with E-state index < -0.39 is 23.7 Å². The van der Waals surface area contributed by atoms with Crippen LogP contribution in [0.25, 0.3) is 17.4 Å². The Morgan fingerprint density at radius 2 is 1.77 bits per heavy atom. The largest absolute Gasteiger partial charge is 0.461 e. The fraction of sp³-hybridized carbons (Fsp3) is 0.375. The van der Waals surface area contributed by atoms with Crippen molar-refractivity contribution in [1.82, 2.24) is 39.3 Å². The van der Waals surface area contributed by atoms with Crippen molar-refractivity contribution in [3.05, 3.63) is 48.0 Å². The Balaban J connectivity index is 1.13. The number of amides is 2. The van der Waals surface area contributed by atoms with Gasteiger partial charge in [0, 0.05) is 38.9 Å². The summed E-state index contributed by atoms with van der Waals surface area (Å²) in [6.07, 6.45) is -1.05. The first-order chi connectivity index (χ1) is 19.2. The number of aromatic nitrogens is 6. The Kier molecular flexibility index (Phi) is 6.23. The summed E-state index contributed by atoms with van der Waals surface area (Å²) in [6, 6.07) is 4.80. The van der Waals surface area contributed by atoms with Crippen LogP contribution in [0, 0.1) is 0 Å². The molecule has 2 fully saturated rings. The number of halogens is 3. The minimum Gasteiger partial charge on any atom is -0.461 e. The minimum absolute atomic E-state index is 0.0624. The van der Waals surface area contributed by atoms with Crippen molar-refractivity contribution in [3.63, 3.8) is 0 Å². The van der Waals surface area contributed by atoms with Crippen LogP contribution in [0.3, 0.4) is 0 Å². The molecule has 4 aromatic heterocycles. The first-order valence-electron chi connectivity index (χ1n) is 12.5. The second kappa shape index (κ2) is 9.77. The molecule has 2 N–H and O–H groups in total. The standard InChI is InChI=1S/C24H23F3N10O3/c25-24(26,27)14-5-6-15(29-13-14)19(38)34-8-10-35(11-9-34)20(39)16-3-1-7-36(16)22-31-21(28)37-23(32-22)30-18(33-37)17-4-2-12-40-17/h2,4-6,12-13,16H,1,3,7-11H2,(H2,28,30,31,32,33)/t16-/m0/s1. The van der Waals surface area contributed by atoms with Crippen LogP contribution in [-0.4, -0.2) is 89.9 Å². The van der Waals surface area contributed by atoms with Gasteiger partial charge in [-0.15, -0.1) is 5.10 Å². The highest BCUT2D eigenvalue weighted by atomic mass is 19.4. The summed E-state index contributed by atoms with van der Waals surface area (Å²) in [7, 11) is 0. The van der Waals surface area contributed by atoms with E-state index in [1.807, 2.05) is 0 Å². The Hall–Kier alpha value is -4.76. The molecular weight excluding hydrogens is 533 g/mol. The monoisotopic (exact) mass is 556 g/mol. The van der Waals surface area contributed by atoms with Crippen LogP contribution in [0.2, 0.25) is 0 Å². The van der Waals surface area contributed by atoms with Crippen LogP contribution in [-0.2, 0) is 11.0 Å². The number of carbonyl (C=O) groups excluding carboxylic acids is 2. The molecule has 2 saturated heterocycles. The number of hydrogen-bond donors (Lipinski definition) is 1. The number of pyridine rings is 1. The van der Waals surface area contributed by atoms with Crippen molar-refractivity contribution < 1.29 is 27.2 Å². The molecule has 0 aromatic carbocycles. The van der Waals surface area contributed by atoms with Crippen molar-refractivity contribution in [2.75, 3.05) is 43.4 Å². The van der Waals surface area contributed by atoms with Crippen LogP contribution in [0.4, 0.5) is 25.1 Å². The van der Waals surface area contributed by atoms with Gasteiger partial charge in [-0.3, -0.25) is 14.6 Å². The van der Waals surface area contributed by atoms with E-state index in [0.29, 0.717) is 30.7 Å². The molecule has 2 aliphatic heterocycles. The highest BCUT2D eigenvalue weighted by Gasteiger charge is 2.37. The molecule has 2 aliphatic rings. The number of furan rings is 1. The summed E-state index contributed by atoms with van der Waals surface area (Å²) < 4.78 is 45.0. The lowest BCUT2D eigenvalue weighted by Gasteiger charge is -2.37. The highest BCUT2D eigenvalue weighted by Crippen LogP contribution is 2.29. The average molecular weight is 557 g/mol. The summed E-state index contributed by atoms with van der Waals surface area (Å²) in [5.41, 5.74) is 5.13. The molecule has 0 saturated carbocycles. The van der Waals surface area contributed by atoms with Gasteiger partial charge in [-0.1, -0.05) is 0 Å². The fourth-order valence-electron chi connectivity index (χ4n) is 4.89. The number of nitrogens with zero attached hydrogens (tertiary/aromatic N) is 9. The van der Waals surface area contributed by atoms with Gasteiger partial charge in [0.1, 0.15) is 11.7 Å². The van der Waals surface area contributed by atoms with Crippen LogP contribution in [0.1, 0.15) is 28.9 Å². The number of fused-ring (bicyclic) bond motifs is 1. The summed E-state index contributed by atoms with van der Waals surface area (Å²) in [4.78, 5) is 48.1. The normalized spacial score (nSPS) is 18.1. The Bertz CT molecular complexity index is 1550. The number of anilines is 2. The number of piperazine rings is 1. The molecule has 0 bridgehead atoms. The number of nitrogen functional groups attached to an aromatic ring is 1. The van der Waals surface area contributed by atoms with Gasteiger partial charge in [0.15, 0.2) is 5.76 Å². The van der Waals surface area contributed by atoms with Crippen LogP contribution < -0.4 is 10.6 Å². The van der Waals surface area contributed by atoms with Crippen molar-refractivity contribution in [1.29, 1.82) is 0 Å². The minimum atomic E-state index is -4.53. The summed E-state index contributed by atoms with van der Waals surface area (Å²) in [5, 5.41) is 4.29. The third-order valence-corrected chi connectivity index (χ3v) is 6.95. The molecule has 0 radical (unpaired) electrons. The maximum atomic E-state index is 13.5. The van der Waals surface area contributed by atoms with E-state index in [0.717, 1.165) is 18.6 Å². The Labute approximate surface area is 224 Å². The van der Waals surface area contributed by atoms with E-state index >= 15 is 0 Å². The topological polar surface area (TPSA) is 152 Å². The molecule has 13 nitrogen and oxygen atoms in total. The van der Waals surface area contributed by atoms with E-state index in [1.54, 1.807) is 21.9 Å². The molecule has 1 atom stereocenters. The van der Waals surface area contributed by atoms with Crippen LogP contribution in [0.15, 0.2) is 41.1 Å². The van der Waals surface area contributed by atoms with Crippen molar-refractivity contribution >= 4 is 29.5 Å². The number of carbonyl (C=O) groups is 2. The molecular formula is C24H23F3N10O3. The SMILES string of the molecule is Nc1nc(N2CCC[C@H]2C(=O)N2CCN(C(=O)c3ccc(C(F)(F)F)cn3)CC2)nc2nc(-c3ccco3)nn12. The lowest BCUT2D eigenvalue weighted by Crippen LogP contribution is -2.55. The first-order valence-corrected chi connectivity index (χ1v) is 12.5. The fourth-order valence-corrected chi connectivity index (χ4v) is 4.89. The van der Waals surface area contributed by atoms with Crippen molar-refractivity contribution in [2.45, 2.75) is 25.1 Å². The van der Waals surface area contributed by atoms with Gasteiger partial charge in [0.2, 0.25) is 23.6 Å². The van der Waals surface area contributed by atoms with E-state index in [2.05, 4.69) is 25.0 Å². The molecule has 6 heterocycles. The molecule has 40 heavy (non-hydrogen) atoms. The Morgan fingerprint density at radius 1 is 1.00 bits per heavy atom. The quantitative estimate of drug-likeness (QED) is 0.393. The van der Waals surface area contributed by atoms with Gasteiger partial charge in [0.25, 0.3) is 11.7 Å². The van der Waals surface area contributed by atoms with E-state index in [-0.39, 0.29) is 55.5 Å². The molecule has 16 heteroatoms. The van der Waals surface area contributed by atoms with Gasteiger partial charge >= 0.3 is 6.18 Å². The number of rotatable bonds is 4. The summed E-state index contributed by atoms with van der Waals surface area (Å²) >= 11 is 0. The van der Waals surface area contributed by atoms with Crippen molar-refractivity contribution in [3.8, 4) is 11.6 Å². The predicted octanol–water partition coefficient (Wildman–Crippen LogP) is 1.73. The van der Waals surface area contributed by atoms with Gasteiger partial charge in [-0.05, 0) is 37.1 Å². The zero-order valence-electron chi connectivity index (χ0n) is 21.0. The first kappa shape index (κ1) is 25.5. The van der Waals surface area contributed by atoms with Crippen LogP contribution in [0.5, 0.6) is 0 Å². The molecule has 0 unspecified atom stereocenters. The zero-order chi connectivity index (χ0) is 28.0. The van der Waals surface area contributed by atoms with Crippen molar-refractivity contribution in [2.24, 2.45) is 0 Å². The van der Waals surface area contributed by atoms with Gasteiger partial charge in [0.05, 0.1) is 11.8 Å². The van der Waals surface area contributed by atoms with Gasteiger partial charge in [-0.25, -0.2) is 0 Å². The number of nitrogens with two attached hydrogens (primary N) is 1. The molecule has 0 spiro atoms. The molecule has 6 rings (SSSR count). The van der Waals surface area contributed by atoms with Crippen LogP contribution >= 0.6 is 0 Å². The number of hydrogen-bond acceptors (Lipinski definition) is 10. The molecule has 4 aromatic rings.